The van der Waals surface area contributed by atoms with Crippen LogP contribution in [0, 0.1) is 0 Å². The van der Waals surface area contributed by atoms with Crippen molar-refractivity contribution in [1.82, 2.24) is 15.1 Å². The number of benzene rings is 1. The van der Waals surface area contributed by atoms with E-state index in [4.69, 9.17) is 17.0 Å². The van der Waals surface area contributed by atoms with E-state index in [0.29, 0.717) is 6.61 Å². The minimum Gasteiger partial charge on any atom is -0.447 e. The van der Waals surface area contributed by atoms with Crippen LogP contribution in [0.2, 0.25) is 0 Å². The summed E-state index contributed by atoms with van der Waals surface area (Å²) in [5.41, 5.74) is 2.83. The summed E-state index contributed by atoms with van der Waals surface area (Å²) in [6, 6.07) is 10.7. The van der Waals surface area contributed by atoms with Crippen molar-refractivity contribution in [2.45, 2.75) is 63.5 Å². The van der Waals surface area contributed by atoms with Crippen LogP contribution in [0.5, 0.6) is 0 Å². The van der Waals surface area contributed by atoms with Crippen molar-refractivity contribution < 1.29 is 9.53 Å². The molecule has 1 aliphatic carbocycles. The van der Waals surface area contributed by atoms with Gasteiger partial charge in [-0.1, -0.05) is 42.0 Å². The Labute approximate surface area is 185 Å². The van der Waals surface area contributed by atoms with Gasteiger partial charge in [0, 0.05) is 25.7 Å². The number of ether oxygens (including phenoxy) is 1. The average Bonchev–Trinajstić information content (AvgIpc) is 3.15. The molecule has 30 heavy (non-hydrogen) atoms. The van der Waals surface area contributed by atoms with Crippen LogP contribution in [0.15, 0.2) is 42.0 Å². The maximum absolute atomic E-state index is 12.4. The molecule has 0 spiro atoms. The summed E-state index contributed by atoms with van der Waals surface area (Å²) in [5.74, 6) is 0. The molecule has 1 N–H and O–H groups in total. The summed E-state index contributed by atoms with van der Waals surface area (Å²) < 4.78 is 5.42. The molecule has 0 aromatic heterocycles. The molecule has 0 radical (unpaired) electrons. The zero-order valence-corrected chi connectivity index (χ0v) is 18.5. The minimum atomic E-state index is -0.157. The highest BCUT2D eigenvalue weighted by Gasteiger charge is 2.39. The molecule has 2 fully saturated rings. The van der Waals surface area contributed by atoms with Crippen molar-refractivity contribution >= 4 is 23.4 Å². The standard InChI is InChI=1S/C24H33N3O2S/c28-24-27(22(18-29-24)17-20-9-5-2-6-10-20)21-12-15-26(16-13-21)23(30)25-14-11-19-7-3-1-4-8-19/h2,5-7,9-10,21-22H,1,3-4,8,11-18H2,(H,25,30). The summed E-state index contributed by atoms with van der Waals surface area (Å²) in [7, 11) is 0. The van der Waals surface area contributed by atoms with Crippen LogP contribution in [0.25, 0.3) is 0 Å². The van der Waals surface area contributed by atoms with Gasteiger partial charge in [-0.15, -0.1) is 0 Å². The van der Waals surface area contributed by atoms with Crippen molar-refractivity contribution in [3.63, 3.8) is 0 Å². The average molecular weight is 428 g/mol. The van der Waals surface area contributed by atoms with Crippen LogP contribution in [-0.4, -0.2) is 59.3 Å². The molecule has 2 heterocycles. The lowest BCUT2D eigenvalue weighted by molar-refractivity contribution is 0.123. The number of thiocarbonyl (C=S) groups is 1. The van der Waals surface area contributed by atoms with Gasteiger partial charge in [-0.05, 0) is 69.1 Å². The highest BCUT2D eigenvalue weighted by atomic mass is 32.1. The SMILES string of the molecule is O=C1OCC(Cc2ccccc2)N1C1CCN(C(=S)NCCC2=CCCCC2)CC1. The number of allylic oxidation sites excluding steroid dienone is 1. The fourth-order valence-electron chi connectivity index (χ4n) is 4.88. The van der Waals surface area contributed by atoms with Crippen LogP contribution in [0.1, 0.15) is 50.5 Å². The van der Waals surface area contributed by atoms with Crippen molar-refractivity contribution in [2.24, 2.45) is 0 Å². The second-order valence-electron chi connectivity index (χ2n) is 8.64. The topological polar surface area (TPSA) is 44.8 Å². The van der Waals surface area contributed by atoms with E-state index in [2.05, 4.69) is 40.6 Å². The van der Waals surface area contributed by atoms with Crippen LogP contribution in [0.4, 0.5) is 4.79 Å². The van der Waals surface area contributed by atoms with Gasteiger partial charge in [0.15, 0.2) is 5.11 Å². The molecule has 2 aliphatic heterocycles. The number of carbonyl (C=O) groups is 1. The summed E-state index contributed by atoms with van der Waals surface area (Å²) in [6.45, 7) is 3.19. The smallest absolute Gasteiger partial charge is 0.410 e. The van der Waals surface area contributed by atoms with E-state index in [-0.39, 0.29) is 18.2 Å². The highest BCUT2D eigenvalue weighted by molar-refractivity contribution is 7.80. The zero-order valence-electron chi connectivity index (χ0n) is 17.7. The number of rotatable bonds is 6. The van der Waals surface area contributed by atoms with E-state index in [1.54, 1.807) is 5.57 Å². The maximum atomic E-state index is 12.4. The molecule has 0 saturated carbocycles. The second-order valence-corrected chi connectivity index (χ2v) is 9.02. The van der Waals surface area contributed by atoms with Gasteiger partial charge < -0.3 is 15.0 Å². The van der Waals surface area contributed by atoms with Crippen molar-refractivity contribution in [1.29, 1.82) is 0 Å². The third kappa shape index (κ3) is 5.34. The number of nitrogens with one attached hydrogen (secondary N) is 1. The van der Waals surface area contributed by atoms with Crippen LogP contribution >= 0.6 is 12.2 Å². The predicted molar refractivity (Wildman–Crippen MR) is 123 cm³/mol. The molecule has 1 amide bonds. The summed E-state index contributed by atoms with van der Waals surface area (Å²) in [5, 5.41) is 4.30. The lowest BCUT2D eigenvalue weighted by Gasteiger charge is -2.39. The van der Waals surface area contributed by atoms with Gasteiger partial charge >= 0.3 is 6.09 Å². The molecule has 0 bridgehead atoms. The molecule has 5 nitrogen and oxygen atoms in total. The highest BCUT2D eigenvalue weighted by Crippen LogP contribution is 2.26. The first-order chi connectivity index (χ1) is 14.7. The molecule has 4 rings (SSSR count). The largest absolute Gasteiger partial charge is 0.447 e. The van der Waals surface area contributed by atoms with Crippen molar-refractivity contribution in [3.05, 3.63) is 47.5 Å². The predicted octanol–water partition coefficient (Wildman–Crippen LogP) is 4.28. The lowest BCUT2D eigenvalue weighted by Crippen LogP contribution is -2.52. The Bertz CT molecular complexity index is 759. The Hall–Kier alpha value is -2.08. The minimum absolute atomic E-state index is 0.130. The fraction of sp³-hybridized carbons (Fsp3) is 0.583. The fourth-order valence-corrected chi connectivity index (χ4v) is 5.17. The number of amides is 1. The van der Waals surface area contributed by atoms with E-state index in [0.717, 1.165) is 50.4 Å². The van der Waals surface area contributed by atoms with Crippen LogP contribution < -0.4 is 5.32 Å². The van der Waals surface area contributed by atoms with Crippen molar-refractivity contribution in [2.75, 3.05) is 26.2 Å². The Kier molecular flexibility index (Phi) is 7.26. The summed E-state index contributed by atoms with van der Waals surface area (Å²) in [4.78, 5) is 16.7. The number of likely N-dealkylation sites (tertiary alicyclic amines) is 1. The van der Waals surface area contributed by atoms with Gasteiger partial charge in [0.05, 0.1) is 6.04 Å². The number of nitrogens with zero attached hydrogens (tertiary/aromatic N) is 2. The molecule has 162 valence electrons. The van der Waals surface area contributed by atoms with E-state index in [1.165, 1.54) is 31.2 Å². The molecule has 1 unspecified atom stereocenters. The third-order valence-electron chi connectivity index (χ3n) is 6.57. The molecule has 6 heteroatoms. The summed E-state index contributed by atoms with van der Waals surface area (Å²) >= 11 is 5.64. The van der Waals surface area contributed by atoms with E-state index in [9.17, 15) is 4.79 Å². The third-order valence-corrected chi connectivity index (χ3v) is 6.97. The quantitative estimate of drug-likeness (QED) is 0.542. The molecular weight excluding hydrogens is 394 g/mol. The number of cyclic esters (lactones) is 1. The Balaban J connectivity index is 1.24. The van der Waals surface area contributed by atoms with E-state index < -0.39 is 0 Å². The van der Waals surface area contributed by atoms with E-state index in [1.807, 2.05) is 11.0 Å². The Morgan fingerprint density at radius 1 is 1.17 bits per heavy atom. The monoisotopic (exact) mass is 427 g/mol. The first kappa shape index (κ1) is 21.2. The van der Waals surface area contributed by atoms with Crippen molar-refractivity contribution in [3.8, 4) is 0 Å². The maximum Gasteiger partial charge on any atom is 0.410 e. The Morgan fingerprint density at radius 2 is 1.97 bits per heavy atom. The molecular formula is C24H33N3O2S. The first-order valence-electron chi connectivity index (χ1n) is 11.4. The second kappa shape index (κ2) is 10.3. The number of hydrogen-bond donors (Lipinski definition) is 1. The van der Waals surface area contributed by atoms with Gasteiger partial charge in [-0.25, -0.2) is 4.79 Å². The zero-order chi connectivity index (χ0) is 20.8. The molecule has 3 aliphatic rings. The van der Waals surface area contributed by atoms with Crippen LogP contribution in [0.3, 0.4) is 0 Å². The first-order valence-corrected chi connectivity index (χ1v) is 11.8. The number of piperidine rings is 1. The van der Waals surface area contributed by atoms with Gasteiger partial charge in [-0.3, -0.25) is 4.90 Å². The Morgan fingerprint density at radius 3 is 2.70 bits per heavy atom. The normalized spacial score (nSPS) is 22.6. The van der Waals surface area contributed by atoms with Crippen LogP contribution in [-0.2, 0) is 11.2 Å². The van der Waals surface area contributed by atoms with Gasteiger partial charge in [0.1, 0.15) is 6.61 Å². The molecule has 1 aromatic carbocycles. The lowest BCUT2D eigenvalue weighted by atomic mass is 9.97. The van der Waals surface area contributed by atoms with Gasteiger partial charge in [0.2, 0.25) is 0 Å². The molecule has 1 aromatic rings. The number of hydrogen-bond acceptors (Lipinski definition) is 3. The molecule has 1 atom stereocenters. The van der Waals surface area contributed by atoms with E-state index >= 15 is 0 Å². The van der Waals surface area contributed by atoms with Gasteiger partial charge in [-0.2, -0.15) is 0 Å². The van der Waals surface area contributed by atoms with Gasteiger partial charge in [0.25, 0.3) is 0 Å². The summed E-state index contributed by atoms with van der Waals surface area (Å²) in [6.07, 6.45) is 11.2. The molecule has 2 saturated heterocycles. The number of carbonyl (C=O) groups excluding carboxylic acids is 1.